The van der Waals surface area contributed by atoms with Crippen molar-refractivity contribution < 1.29 is 0 Å². The maximum absolute atomic E-state index is 5.94. The van der Waals surface area contributed by atoms with E-state index in [-0.39, 0.29) is 0 Å². The molecule has 0 atom stereocenters. The van der Waals surface area contributed by atoms with Gasteiger partial charge < -0.3 is 4.90 Å². The number of fused-ring (bicyclic) bond motifs is 1. The monoisotopic (exact) mass is 234 g/mol. The quantitative estimate of drug-likeness (QED) is 0.815. The summed E-state index contributed by atoms with van der Waals surface area (Å²) >= 11 is 5.94. The Balaban J connectivity index is 2.16. The van der Waals surface area contributed by atoms with Crippen molar-refractivity contribution in [3.8, 4) is 0 Å². The second kappa shape index (κ2) is 3.88. The number of nitrogens with one attached hydrogen (secondary N) is 1. The molecule has 2 heterocycles. The maximum Gasteiger partial charge on any atom is 0.140 e. The zero-order valence-electron chi connectivity index (χ0n) is 8.65. The van der Waals surface area contributed by atoms with Crippen LogP contribution < -0.4 is 10.2 Å². The highest BCUT2D eigenvalue weighted by Crippen LogP contribution is 2.25. The summed E-state index contributed by atoms with van der Waals surface area (Å²) in [6, 6.07) is 5.72. The summed E-state index contributed by atoms with van der Waals surface area (Å²) in [7, 11) is 0. The van der Waals surface area contributed by atoms with Crippen LogP contribution in [0.4, 0.5) is 5.82 Å². The highest BCUT2D eigenvalue weighted by Gasteiger charge is 2.15. The fraction of sp³-hybridized carbons (Fsp3) is 0.273. The zero-order valence-corrected chi connectivity index (χ0v) is 9.41. The highest BCUT2D eigenvalue weighted by atomic mass is 35.5. The van der Waals surface area contributed by atoms with E-state index in [2.05, 4.69) is 20.2 Å². The smallest absolute Gasteiger partial charge is 0.140 e. The molecule has 1 aromatic carbocycles. The first kappa shape index (κ1) is 9.81. The first-order valence-electron chi connectivity index (χ1n) is 5.20. The number of anilines is 1. The van der Waals surface area contributed by atoms with Crippen molar-refractivity contribution in [1.29, 1.82) is 0 Å². The van der Waals surface area contributed by atoms with E-state index in [0.29, 0.717) is 5.02 Å². The van der Waals surface area contributed by atoms with Gasteiger partial charge in [-0.2, -0.15) is 0 Å². The van der Waals surface area contributed by atoms with Gasteiger partial charge in [-0.15, -0.1) is 0 Å². The van der Waals surface area contributed by atoms with Crippen LogP contribution in [0.15, 0.2) is 24.5 Å². The Morgan fingerprint density at radius 2 is 2.25 bits per heavy atom. The molecule has 0 bridgehead atoms. The van der Waals surface area contributed by atoms with E-state index in [4.69, 9.17) is 11.6 Å². The van der Waals surface area contributed by atoms with Crippen molar-refractivity contribution >= 4 is 28.3 Å². The summed E-state index contributed by atoms with van der Waals surface area (Å²) < 4.78 is 0. The molecule has 0 radical (unpaired) electrons. The fourth-order valence-corrected chi connectivity index (χ4v) is 2.12. The third-order valence-electron chi connectivity index (χ3n) is 2.74. The van der Waals surface area contributed by atoms with Gasteiger partial charge in [0.2, 0.25) is 0 Å². The second-order valence-corrected chi connectivity index (χ2v) is 4.22. The van der Waals surface area contributed by atoms with Gasteiger partial charge in [0.1, 0.15) is 12.1 Å². The van der Waals surface area contributed by atoms with Crippen LogP contribution in [0.3, 0.4) is 0 Å². The third kappa shape index (κ3) is 1.60. The van der Waals surface area contributed by atoms with Gasteiger partial charge in [0.05, 0.1) is 12.2 Å². The van der Waals surface area contributed by atoms with Crippen molar-refractivity contribution in [3.05, 3.63) is 29.5 Å². The van der Waals surface area contributed by atoms with Crippen LogP contribution in [-0.2, 0) is 0 Å². The number of hydrogen-bond acceptors (Lipinski definition) is 4. The summed E-state index contributed by atoms with van der Waals surface area (Å²) in [6.07, 6.45) is 1.59. The summed E-state index contributed by atoms with van der Waals surface area (Å²) in [5.74, 6) is 0.978. The molecule has 1 aliphatic heterocycles. The normalized spacial score (nSPS) is 15.9. The molecule has 0 spiro atoms. The van der Waals surface area contributed by atoms with Crippen LogP contribution >= 0.6 is 11.6 Å². The van der Waals surface area contributed by atoms with E-state index in [1.807, 2.05) is 18.2 Å². The molecule has 1 aromatic heterocycles. The van der Waals surface area contributed by atoms with Crippen molar-refractivity contribution in [2.45, 2.75) is 0 Å². The Morgan fingerprint density at radius 1 is 1.31 bits per heavy atom. The maximum atomic E-state index is 5.94. The molecule has 5 heteroatoms. The lowest BCUT2D eigenvalue weighted by molar-refractivity contribution is 0.850. The van der Waals surface area contributed by atoms with Crippen LogP contribution in [0.2, 0.25) is 5.02 Å². The zero-order chi connectivity index (χ0) is 11.0. The molecule has 3 rings (SSSR count). The van der Waals surface area contributed by atoms with Gasteiger partial charge in [0, 0.05) is 23.5 Å². The van der Waals surface area contributed by atoms with Crippen LogP contribution in [-0.4, -0.2) is 29.7 Å². The third-order valence-corrected chi connectivity index (χ3v) is 2.97. The Bertz CT molecular complexity index is 522. The molecule has 4 nitrogen and oxygen atoms in total. The Kier molecular flexibility index (Phi) is 2.38. The van der Waals surface area contributed by atoms with Crippen LogP contribution in [0, 0.1) is 0 Å². The Hall–Kier alpha value is -1.39. The van der Waals surface area contributed by atoms with Crippen molar-refractivity contribution in [3.63, 3.8) is 0 Å². The molecule has 0 saturated carbocycles. The van der Waals surface area contributed by atoms with E-state index >= 15 is 0 Å². The van der Waals surface area contributed by atoms with Gasteiger partial charge in [-0.1, -0.05) is 11.6 Å². The van der Waals surface area contributed by atoms with Gasteiger partial charge >= 0.3 is 0 Å². The Labute approximate surface area is 98.3 Å². The number of halogens is 1. The average Bonchev–Trinajstić information content (AvgIpc) is 2.81. The van der Waals surface area contributed by atoms with E-state index < -0.39 is 0 Å². The fourth-order valence-electron chi connectivity index (χ4n) is 1.96. The van der Waals surface area contributed by atoms with Gasteiger partial charge in [0.15, 0.2) is 0 Å². The first-order chi connectivity index (χ1) is 7.84. The summed E-state index contributed by atoms with van der Waals surface area (Å²) in [5.41, 5.74) is 0.893. The predicted molar refractivity (Wildman–Crippen MR) is 64.8 cm³/mol. The minimum absolute atomic E-state index is 0.705. The number of benzene rings is 1. The minimum atomic E-state index is 0.705. The average molecular weight is 235 g/mol. The molecule has 1 aliphatic rings. The van der Waals surface area contributed by atoms with Crippen LogP contribution in [0.1, 0.15) is 0 Å². The standard InChI is InChI=1S/C11H11ClN4/c12-8-1-2-9-10(5-8)14-6-15-11(9)16-4-3-13-7-16/h1-2,5-6,13H,3-4,7H2. The molecular formula is C11H11ClN4. The molecule has 82 valence electrons. The summed E-state index contributed by atoms with van der Waals surface area (Å²) in [5, 5.41) is 5.04. The number of nitrogens with zero attached hydrogens (tertiary/aromatic N) is 3. The molecule has 1 fully saturated rings. The Morgan fingerprint density at radius 3 is 3.06 bits per heavy atom. The van der Waals surface area contributed by atoms with Gasteiger partial charge in [-0.3, -0.25) is 5.32 Å². The van der Waals surface area contributed by atoms with Crippen molar-refractivity contribution in [2.75, 3.05) is 24.7 Å². The van der Waals surface area contributed by atoms with Gasteiger partial charge in [0.25, 0.3) is 0 Å². The molecule has 1 N–H and O–H groups in total. The van der Waals surface area contributed by atoms with Gasteiger partial charge in [-0.25, -0.2) is 9.97 Å². The molecule has 0 unspecified atom stereocenters. The molecule has 2 aromatic rings. The molecule has 1 saturated heterocycles. The SMILES string of the molecule is Clc1ccc2c(N3CCNC3)ncnc2c1. The molecule has 16 heavy (non-hydrogen) atoms. The lowest BCUT2D eigenvalue weighted by atomic mass is 10.2. The lowest BCUT2D eigenvalue weighted by Crippen LogP contribution is -2.22. The topological polar surface area (TPSA) is 41.0 Å². The van der Waals surface area contributed by atoms with E-state index in [1.165, 1.54) is 0 Å². The predicted octanol–water partition coefficient (Wildman–Crippen LogP) is 1.65. The van der Waals surface area contributed by atoms with E-state index in [0.717, 1.165) is 36.5 Å². The highest BCUT2D eigenvalue weighted by molar-refractivity contribution is 6.31. The summed E-state index contributed by atoms with van der Waals surface area (Å²) in [6.45, 7) is 2.82. The van der Waals surface area contributed by atoms with Crippen LogP contribution in [0.25, 0.3) is 10.9 Å². The van der Waals surface area contributed by atoms with Crippen molar-refractivity contribution in [1.82, 2.24) is 15.3 Å². The number of rotatable bonds is 1. The van der Waals surface area contributed by atoms with Gasteiger partial charge in [-0.05, 0) is 18.2 Å². The van der Waals surface area contributed by atoms with E-state index in [1.54, 1.807) is 6.33 Å². The molecular weight excluding hydrogens is 224 g/mol. The number of hydrogen-bond donors (Lipinski definition) is 1. The molecule has 0 amide bonds. The minimum Gasteiger partial charge on any atom is -0.342 e. The second-order valence-electron chi connectivity index (χ2n) is 3.78. The molecule has 0 aliphatic carbocycles. The number of aromatic nitrogens is 2. The van der Waals surface area contributed by atoms with Crippen LogP contribution in [0.5, 0.6) is 0 Å². The first-order valence-corrected chi connectivity index (χ1v) is 5.58. The largest absolute Gasteiger partial charge is 0.342 e. The van der Waals surface area contributed by atoms with E-state index in [9.17, 15) is 0 Å². The summed E-state index contributed by atoms with van der Waals surface area (Å²) in [4.78, 5) is 10.8. The lowest BCUT2D eigenvalue weighted by Gasteiger charge is -2.16. The van der Waals surface area contributed by atoms with Crippen molar-refractivity contribution in [2.24, 2.45) is 0 Å².